The van der Waals surface area contributed by atoms with E-state index in [1.807, 2.05) is 0 Å². The Balaban J connectivity index is 2.61. The number of aliphatic hydroxyl groups excluding tert-OH is 1. The lowest BCUT2D eigenvalue weighted by atomic mass is 10.2. The van der Waals surface area contributed by atoms with Crippen molar-refractivity contribution in [1.82, 2.24) is 5.32 Å². The summed E-state index contributed by atoms with van der Waals surface area (Å²) in [5.74, 6) is -1.91. The lowest BCUT2D eigenvalue weighted by Crippen LogP contribution is -2.38. The van der Waals surface area contributed by atoms with E-state index >= 15 is 0 Å². The standard InChI is InChI=1S/C13H17N3O4/c1-8(17)7-14-12(19)13(20)16-11-5-3-4-10(6-11)15-9(2)18/h3-6,8,17H,7H2,1-2H3,(H,14,19)(H,15,18)(H,16,20)/t8-/m1/s1. The smallest absolute Gasteiger partial charge is 0.313 e. The molecular formula is C13H17N3O4. The Bertz CT molecular complexity index is 514. The molecule has 0 aliphatic rings. The lowest BCUT2D eigenvalue weighted by Gasteiger charge is -2.09. The first kappa shape index (κ1) is 15.6. The van der Waals surface area contributed by atoms with Crippen LogP contribution in [0.25, 0.3) is 0 Å². The Hall–Kier alpha value is -2.41. The molecule has 0 spiro atoms. The molecule has 4 N–H and O–H groups in total. The quantitative estimate of drug-likeness (QED) is 0.585. The number of hydrogen-bond acceptors (Lipinski definition) is 4. The molecule has 1 aromatic carbocycles. The van der Waals surface area contributed by atoms with Gasteiger partial charge in [-0.2, -0.15) is 0 Å². The molecule has 7 nitrogen and oxygen atoms in total. The minimum atomic E-state index is -0.842. The highest BCUT2D eigenvalue weighted by atomic mass is 16.3. The Morgan fingerprint density at radius 3 is 2.30 bits per heavy atom. The van der Waals surface area contributed by atoms with Gasteiger partial charge in [0, 0.05) is 24.8 Å². The number of aliphatic hydroxyl groups is 1. The fraction of sp³-hybridized carbons (Fsp3) is 0.308. The van der Waals surface area contributed by atoms with Crippen LogP contribution in [-0.4, -0.2) is 35.5 Å². The molecular weight excluding hydrogens is 262 g/mol. The van der Waals surface area contributed by atoms with Crippen molar-refractivity contribution in [3.8, 4) is 0 Å². The van der Waals surface area contributed by atoms with Crippen LogP contribution in [0.2, 0.25) is 0 Å². The van der Waals surface area contributed by atoms with Crippen molar-refractivity contribution in [2.45, 2.75) is 20.0 Å². The van der Waals surface area contributed by atoms with Crippen molar-refractivity contribution < 1.29 is 19.5 Å². The summed E-state index contributed by atoms with van der Waals surface area (Å²) < 4.78 is 0. The lowest BCUT2D eigenvalue weighted by molar-refractivity contribution is -0.136. The molecule has 20 heavy (non-hydrogen) atoms. The van der Waals surface area contributed by atoms with E-state index in [9.17, 15) is 14.4 Å². The molecule has 0 aliphatic heterocycles. The molecule has 0 fully saturated rings. The largest absolute Gasteiger partial charge is 0.392 e. The van der Waals surface area contributed by atoms with Crippen LogP contribution in [0, 0.1) is 0 Å². The van der Waals surface area contributed by atoms with Crippen LogP contribution in [0.1, 0.15) is 13.8 Å². The summed E-state index contributed by atoms with van der Waals surface area (Å²) >= 11 is 0. The maximum atomic E-state index is 11.6. The Kier molecular flexibility index (Phi) is 5.67. The van der Waals surface area contributed by atoms with Crippen LogP contribution in [-0.2, 0) is 14.4 Å². The molecule has 0 saturated carbocycles. The summed E-state index contributed by atoms with van der Waals surface area (Å²) in [5.41, 5.74) is 0.896. The molecule has 0 heterocycles. The maximum absolute atomic E-state index is 11.6. The number of rotatable bonds is 4. The van der Waals surface area contributed by atoms with Crippen LogP contribution in [0.3, 0.4) is 0 Å². The first-order valence-electron chi connectivity index (χ1n) is 6.03. The summed E-state index contributed by atoms with van der Waals surface area (Å²) in [5, 5.41) is 16.2. The van der Waals surface area contributed by atoms with Gasteiger partial charge < -0.3 is 21.1 Å². The van der Waals surface area contributed by atoms with E-state index in [1.165, 1.54) is 19.9 Å². The highest BCUT2D eigenvalue weighted by Crippen LogP contribution is 2.14. The van der Waals surface area contributed by atoms with Gasteiger partial charge in [-0.15, -0.1) is 0 Å². The molecule has 1 atom stereocenters. The van der Waals surface area contributed by atoms with Crippen molar-refractivity contribution >= 4 is 29.1 Å². The molecule has 0 bridgehead atoms. The summed E-state index contributed by atoms with van der Waals surface area (Å²) in [6.45, 7) is 2.86. The zero-order valence-corrected chi connectivity index (χ0v) is 11.3. The molecule has 7 heteroatoms. The van der Waals surface area contributed by atoms with Crippen LogP contribution >= 0.6 is 0 Å². The van der Waals surface area contributed by atoms with Crippen molar-refractivity contribution in [1.29, 1.82) is 0 Å². The van der Waals surface area contributed by atoms with E-state index in [0.29, 0.717) is 11.4 Å². The highest BCUT2D eigenvalue weighted by Gasteiger charge is 2.14. The molecule has 0 unspecified atom stereocenters. The van der Waals surface area contributed by atoms with Gasteiger partial charge in [-0.3, -0.25) is 14.4 Å². The first-order chi connectivity index (χ1) is 9.38. The topological polar surface area (TPSA) is 108 Å². The first-order valence-corrected chi connectivity index (χ1v) is 6.03. The molecule has 0 radical (unpaired) electrons. The van der Waals surface area contributed by atoms with Crippen LogP contribution in [0.4, 0.5) is 11.4 Å². The average molecular weight is 279 g/mol. The SMILES string of the molecule is CC(=O)Nc1cccc(NC(=O)C(=O)NC[C@@H](C)O)c1. The van der Waals surface area contributed by atoms with Crippen molar-refractivity contribution in [3.63, 3.8) is 0 Å². The van der Waals surface area contributed by atoms with Gasteiger partial charge in [-0.05, 0) is 25.1 Å². The summed E-state index contributed by atoms with van der Waals surface area (Å²) in [6.07, 6.45) is -0.727. The summed E-state index contributed by atoms with van der Waals surface area (Å²) in [4.78, 5) is 33.9. The maximum Gasteiger partial charge on any atom is 0.313 e. The second-order valence-corrected chi connectivity index (χ2v) is 4.28. The van der Waals surface area contributed by atoms with Gasteiger partial charge in [0.05, 0.1) is 6.10 Å². The third-order valence-electron chi connectivity index (χ3n) is 2.21. The normalized spacial score (nSPS) is 11.3. The van der Waals surface area contributed by atoms with Gasteiger partial charge in [0.1, 0.15) is 0 Å². The second-order valence-electron chi connectivity index (χ2n) is 4.28. The number of hydrogen-bond donors (Lipinski definition) is 4. The fourth-order valence-electron chi connectivity index (χ4n) is 1.39. The number of nitrogens with one attached hydrogen (secondary N) is 3. The van der Waals surface area contributed by atoms with Gasteiger partial charge in [-0.1, -0.05) is 6.07 Å². The van der Waals surface area contributed by atoms with Gasteiger partial charge >= 0.3 is 11.8 Å². The molecule has 0 aromatic heterocycles. The monoisotopic (exact) mass is 279 g/mol. The highest BCUT2D eigenvalue weighted by molar-refractivity contribution is 6.39. The molecule has 1 aromatic rings. The van der Waals surface area contributed by atoms with Crippen molar-refractivity contribution in [2.24, 2.45) is 0 Å². The predicted octanol–water partition coefficient (Wildman–Crippen LogP) is 0.0805. The zero-order chi connectivity index (χ0) is 15.1. The minimum Gasteiger partial charge on any atom is -0.392 e. The summed E-state index contributed by atoms with van der Waals surface area (Å²) in [7, 11) is 0. The van der Waals surface area contributed by atoms with Gasteiger partial charge in [0.25, 0.3) is 0 Å². The van der Waals surface area contributed by atoms with E-state index in [-0.39, 0.29) is 12.5 Å². The third-order valence-corrected chi connectivity index (χ3v) is 2.21. The van der Waals surface area contributed by atoms with E-state index in [4.69, 9.17) is 5.11 Å². The zero-order valence-electron chi connectivity index (χ0n) is 11.3. The van der Waals surface area contributed by atoms with Crippen LogP contribution in [0.5, 0.6) is 0 Å². The summed E-state index contributed by atoms with van der Waals surface area (Å²) in [6, 6.07) is 6.41. The molecule has 3 amide bonds. The van der Waals surface area contributed by atoms with Gasteiger partial charge in [0.15, 0.2) is 0 Å². The number of carbonyl (C=O) groups is 3. The third kappa shape index (κ3) is 5.49. The number of benzene rings is 1. The predicted molar refractivity (Wildman–Crippen MR) is 74.1 cm³/mol. The molecule has 0 saturated heterocycles. The minimum absolute atomic E-state index is 0.00180. The van der Waals surface area contributed by atoms with Crippen LogP contribution < -0.4 is 16.0 Å². The number of carbonyl (C=O) groups excluding carboxylic acids is 3. The van der Waals surface area contributed by atoms with Crippen molar-refractivity contribution in [2.75, 3.05) is 17.2 Å². The number of anilines is 2. The number of amides is 3. The molecule has 108 valence electrons. The Morgan fingerprint density at radius 1 is 1.15 bits per heavy atom. The van der Waals surface area contributed by atoms with E-state index in [1.54, 1.807) is 18.2 Å². The van der Waals surface area contributed by atoms with Crippen LogP contribution in [0.15, 0.2) is 24.3 Å². The van der Waals surface area contributed by atoms with E-state index in [0.717, 1.165) is 0 Å². The fourth-order valence-corrected chi connectivity index (χ4v) is 1.39. The van der Waals surface area contributed by atoms with Crippen molar-refractivity contribution in [3.05, 3.63) is 24.3 Å². The van der Waals surface area contributed by atoms with Gasteiger partial charge in [0.2, 0.25) is 5.91 Å². The second kappa shape index (κ2) is 7.25. The van der Waals surface area contributed by atoms with E-state index < -0.39 is 17.9 Å². The molecule has 1 rings (SSSR count). The Morgan fingerprint density at radius 2 is 1.75 bits per heavy atom. The molecule has 0 aliphatic carbocycles. The van der Waals surface area contributed by atoms with Gasteiger partial charge in [-0.25, -0.2) is 0 Å². The average Bonchev–Trinajstić information content (AvgIpc) is 2.35. The Labute approximate surface area is 116 Å². The van der Waals surface area contributed by atoms with E-state index in [2.05, 4.69) is 16.0 Å².